The van der Waals surface area contributed by atoms with E-state index in [4.69, 9.17) is 5.73 Å². The summed E-state index contributed by atoms with van der Waals surface area (Å²) in [7, 11) is 1.90. The van der Waals surface area contributed by atoms with Crippen LogP contribution in [0.3, 0.4) is 0 Å². The number of benzene rings is 1. The summed E-state index contributed by atoms with van der Waals surface area (Å²) in [5, 5.41) is 0. The number of para-hydroxylation sites is 1. The molecule has 1 atom stereocenters. The second-order valence-electron chi connectivity index (χ2n) is 5.57. The van der Waals surface area contributed by atoms with Crippen LogP contribution in [0, 0.1) is 5.92 Å². The van der Waals surface area contributed by atoms with Crippen molar-refractivity contribution in [2.24, 2.45) is 11.7 Å². The summed E-state index contributed by atoms with van der Waals surface area (Å²) in [5.74, 6) is 0.459. The minimum Gasteiger partial charge on any atom is -0.405 e. The number of nitrogens with two attached hydrogens (primary N) is 1. The van der Waals surface area contributed by atoms with Crippen molar-refractivity contribution in [3.8, 4) is 5.75 Å². The average Bonchev–Trinajstić information content (AvgIpc) is 2.35. The molecular formula is C15H21F3N2O. The number of rotatable bonds is 6. The SMILES string of the molecule is CN(CC1CCC1)C(CN)c1ccccc1OC(F)(F)F. The fourth-order valence-electron chi connectivity index (χ4n) is 2.73. The van der Waals surface area contributed by atoms with E-state index < -0.39 is 6.36 Å². The molecular weight excluding hydrogens is 281 g/mol. The quantitative estimate of drug-likeness (QED) is 0.876. The van der Waals surface area contributed by atoms with Crippen LogP contribution < -0.4 is 10.5 Å². The molecule has 0 aromatic heterocycles. The third-order valence-electron chi connectivity index (χ3n) is 4.03. The molecule has 0 heterocycles. The van der Waals surface area contributed by atoms with Crippen molar-refractivity contribution in [1.29, 1.82) is 0 Å². The molecule has 0 spiro atoms. The van der Waals surface area contributed by atoms with E-state index in [9.17, 15) is 13.2 Å². The number of halogens is 3. The van der Waals surface area contributed by atoms with Crippen molar-refractivity contribution in [1.82, 2.24) is 4.90 Å². The molecule has 1 aromatic rings. The highest BCUT2D eigenvalue weighted by Crippen LogP contribution is 2.34. The van der Waals surface area contributed by atoms with Crippen LogP contribution in [0.15, 0.2) is 24.3 Å². The molecule has 3 nitrogen and oxygen atoms in total. The lowest BCUT2D eigenvalue weighted by Gasteiger charge is -2.35. The second kappa shape index (κ2) is 6.66. The van der Waals surface area contributed by atoms with Gasteiger partial charge in [0.1, 0.15) is 5.75 Å². The molecule has 1 aromatic carbocycles. The number of hydrogen-bond acceptors (Lipinski definition) is 3. The maximum Gasteiger partial charge on any atom is 0.573 e. The molecule has 0 amide bonds. The highest BCUT2D eigenvalue weighted by atomic mass is 19.4. The molecule has 1 fully saturated rings. The van der Waals surface area contributed by atoms with E-state index in [-0.39, 0.29) is 18.3 Å². The van der Waals surface area contributed by atoms with Crippen LogP contribution in [0.4, 0.5) is 13.2 Å². The normalized spacial score (nSPS) is 17.6. The molecule has 0 saturated heterocycles. The van der Waals surface area contributed by atoms with E-state index in [1.807, 2.05) is 11.9 Å². The Bertz CT molecular complexity index is 460. The predicted octanol–water partition coefficient (Wildman–Crippen LogP) is 3.32. The molecule has 1 saturated carbocycles. The van der Waals surface area contributed by atoms with Gasteiger partial charge in [-0.3, -0.25) is 4.90 Å². The first-order valence-electron chi connectivity index (χ1n) is 7.15. The fourth-order valence-corrected chi connectivity index (χ4v) is 2.73. The van der Waals surface area contributed by atoms with Gasteiger partial charge in [-0.2, -0.15) is 0 Å². The predicted molar refractivity (Wildman–Crippen MR) is 74.9 cm³/mol. The Morgan fingerprint density at radius 2 is 2.00 bits per heavy atom. The van der Waals surface area contributed by atoms with Crippen LogP contribution in [0.2, 0.25) is 0 Å². The van der Waals surface area contributed by atoms with Gasteiger partial charge < -0.3 is 10.5 Å². The molecule has 2 rings (SSSR count). The average molecular weight is 302 g/mol. The lowest BCUT2D eigenvalue weighted by atomic mass is 9.84. The van der Waals surface area contributed by atoms with Gasteiger partial charge in [0.05, 0.1) is 6.04 Å². The molecule has 1 unspecified atom stereocenters. The maximum absolute atomic E-state index is 12.5. The van der Waals surface area contributed by atoms with Gasteiger partial charge in [-0.15, -0.1) is 13.2 Å². The van der Waals surface area contributed by atoms with E-state index in [1.165, 1.54) is 31.4 Å². The lowest BCUT2D eigenvalue weighted by molar-refractivity contribution is -0.275. The topological polar surface area (TPSA) is 38.5 Å². The molecule has 0 aliphatic heterocycles. The Balaban J connectivity index is 2.16. The second-order valence-corrected chi connectivity index (χ2v) is 5.57. The first-order valence-corrected chi connectivity index (χ1v) is 7.15. The third kappa shape index (κ3) is 4.35. The molecule has 0 radical (unpaired) electrons. The van der Waals surface area contributed by atoms with Crippen LogP contribution in [0.5, 0.6) is 5.75 Å². The molecule has 6 heteroatoms. The van der Waals surface area contributed by atoms with Crippen molar-refractivity contribution in [3.05, 3.63) is 29.8 Å². The van der Waals surface area contributed by atoms with E-state index in [1.54, 1.807) is 12.1 Å². The summed E-state index contributed by atoms with van der Waals surface area (Å²) in [6.45, 7) is 1.10. The summed E-state index contributed by atoms with van der Waals surface area (Å²) < 4.78 is 41.6. The Hall–Kier alpha value is -1.27. The molecule has 1 aliphatic carbocycles. The van der Waals surface area contributed by atoms with Gasteiger partial charge in [0.25, 0.3) is 0 Å². The largest absolute Gasteiger partial charge is 0.573 e. The minimum absolute atomic E-state index is 0.166. The standard InChI is InChI=1S/C15H21F3N2O/c1-20(10-11-5-4-6-11)13(9-19)12-7-2-3-8-14(12)21-15(16,17)18/h2-3,7-8,11,13H,4-6,9-10,19H2,1H3. The van der Waals surface area contributed by atoms with Crippen LogP contribution in [0.1, 0.15) is 30.9 Å². The summed E-state index contributed by atoms with van der Waals surface area (Å²) in [6.07, 6.45) is -1.09. The zero-order valence-corrected chi connectivity index (χ0v) is 12.1. The zero-order valence-electron chi connectivity index (χ0n) is 12.1. The van der Waals surface area contributed by atoms with Crippen LogP contribution >= 0.6 is 0 Å². The zero-order chi connectivity index (χ0) is 15.5. The minimum atomic E-state index is -4.69. The number of alkyl halides is 3. The molecule has 2 N–H and O–H groups in total. The van der Waals surface area contributed by atoms with Crippen molar-refractivity contribution in [3.63, 3.8) is 0 Å². The highest BCUT2D eigenvalue weighted by Gasteiger charge is 2.33. The Kier molecular flexibility index (Phi) is 5.11. The summed E-state index contributed by atoms with van der Waals surface area (Å²) in [5.41, 5.74) is 6.28. The van der Waals surface area contributed by atoms with Gasteiger partial charge in [0.15, 0.2) is 0 Å². The Morgan fingerprint density at radius 3 is 2.52 bits per heavy atom. The summed E-state index contributed by atoms with van der Waals surface area (Å²) in [6, 6.07) is 5.95. The highest BCUT2D eigenvalue weighted by molar-refractivity contribution is 5.36. The van der Waals surface area contributed by atoms with Gasteiger partial charge in [-0.1, -0.05) is 24.6 Å². The number of nitrogens with zero attached hydrogens (tertiary/aromatic N) is 1. The Morgan fingerprint density at radius 1 is 1.33 bits per heavy atom. The van der Waals surface area contributed by atoms with Gasteiger partial charge in [-0.25, -0.2) is 0 Å². The Labute approximate surface area is 122 Å². The smallest absolute Gasteiger partial charge is 0.405 e. The van der Waals surface area contributed by atoms with Gasteiger partial charge in [0, 0.05) is 18.7 Å². The number of hydrogen-bond donors (Lipinski definition) is 1. The van der Waals surface area contributed by atoms with Crippen molar-refractivity contribution < 1.29 is 17.9 Å². The first-order chi connectivity index (χ1) is 9.90. The molecule has 118 valence electrons. The van der Waals surface area contributed by atoms with E-state index in [0.717, 1.165) is 6.54 Å². The number of ether oxygens (including phenoxy) is 1. The van der Waals surface area contributed by atoms with Crippen LogP contribution in [0.25, 0.3) is 0 Å². The van der Waals surface area contributed by atoms with E-state index >= 15 is 0 Å². The molecule has 1 aliphatic rings. The van der Waals surface area contributed by atoms with Gasteiger partial charge >= 0.3 is 6.36 Å². The van der Waals surface area contributed by atoms with Crippen molar-refractivity contribution in [2.75, 3.05) is 20.1 Å². The van der Waals surface area contributed by atoms with E-state index in [0.29, 0.717) is 11.5 Å². The van der Waals surface area contributed by atoms with Crippen LogP contribution in [-0.2, 0) is 0 Å². The van der Waals surface area contributed by atoms with Crippen LogP contribution in [-0.4, -0.2) is 31.4 Å². The first kappa shape index (κ1) is 16.1. The van der Waals surface area contributed by atoms with Crippen molar-refractivity contribution in [2.45, 2.75) is 31.7 Å². The monoisotopic (exact) mass is 302 g/mol. The van der Waals surface area contributed by atoms with Crippen molar-refractivity contribution >= 4 is 0 Å². The van der Waals surface area contributed by atoms with Gasteiger partial charge in [-0.05, 0) is 31.9 Å². The maximum atomic E-state index is 12.5. The fraction of sp³-hybridized carbons (Fsp3) is 0.600. The summed E-state index contributed by atoms with van der Waals surface area (Å²) in [4.78, 5) is 2.03. The molecule has 0 bridgehead atoms. The van der Waals surface area contributed by atoms with E-state index in [2.05, 4.69) is 4.74 Å². The third-order valence-corrected chi connectivity index (χ3v) is 4.03. The molecule has 21 heavy (non-hydrogen) atoms. The summed E-state index contributed by atoms with van der Waals surface area (Å²) >= 11 is 0. The number of likely N-dealkylation sites (N-methyl/N-ethyl adjacent to an activating group) is 1. The van der Waals surface area contributed by atoms with Gasteiger partial charge in [0.2, 0.25) is 0 Å². The lowest BCUT2D eigenvalue weighted by Crippen LogP contribution is -2.36.